The number of hydrogen-bond donors (Lipinski definition) is 1. The van der Waals surface area contributed by atoms with Crippen molar-refractivity contribution in [3.63, 3.8) is 0 Å². The molecule has 3 rings (SSSR count). The van der Waals surface area contributed by atoms with Crippen LogP contribution in [0.2, 0.25) is 0 Å². The normalized spacial score (nSPS) is 26.2. The van der Waals surface area contributed by atoms with E-state index in [1.165, 1.54) is 0 Å². The second-order valence-electron chi connectivity index (χ2n) is 6.18. The van der Waals surface area contributed by atoms with Crippen LogP contribution >= 0.6 is 0 Å². The van der Waals surface area contributed by atoms with E-state index in [1.54, 1.807) is 4.90 Å². The highest BCUT2D eigenvalue weighted by molar-refractivity contribution is 5.89. The van der Waals surface area contributed by atoms with Crippen LogP contribution < -0.4 is 5.32 Å². The number of amides is 2. The van der Waals surface area contributed by atoms with Crippen LogP contribution in [0, 0.1) is 0 Å². The molecule has 6 nitrogen and oxygen atoms in total. The largest absolute Gasteiger partial charge is 0.444 e. The zero-order chi connectivity index (χ0) is 14.2. The summed E-state index contributed by atoms with van der Waals surface area (Å²) < 4.78 is 5.35. The van der Waals surface area contributed by atoms with Crippen LogP contribution in [0.15, 0.2) is 0 Å². The predicted molar refractivity (Wildman–Crippen MR) is 70.8 cm³/mol. The minimum absolute atomic E-state index is 0.0450. The molecular weight excluding hydrogens is 246 g/mol. The van der Waals surface area contributed by atoms with Gasteiger partial charge in [0.1, 0.15) is 11.6 Å². The van der Waals surface area contributed by atoms with Gasteiger partial charge in [0.25, 0.3) is 0 Å². The van der Waals surface area contributed by atoms with Crippen molar-refractivity contribution in [1.82, 2.24) is 15.1 Å². The molecule has 0 spiro atoms. The Balaban J connectivity index is 1.95. The zero-order valence-corrected chi connectivity index (χ0v) is 12.1. The topological polar surface area (TPSA) is 61.9 Å². The lowest BCUT2D eigenvalue weighted by molar-refractivity contribution is -0.157. The first kappa shape index (κ1) is 14.1. The molecule has 2 unspecified atom stereocenters. The molecule has 19 heavy (non-hydrogen) atoms. The Hall–Kier alpha value is -1.30. The third-order valence-corrected chi connectivity index (χ3v) is 3.49. The van der Waals surface area contributed by atoms with Gasteiger partial charge in [0, 0.05) is 19.6 Å². The van der Waals surface area contributed by atoms with Gasteiger partial charge in [0.2, 0.25) is 5.91 Å². The Morgan fingerprint density at radius 3 is 2.68 bits per heavy atom. The summed E-state index contributed by atoms with van der Waals surface area (Å²) in [6.07, 6.45) is 0.407. The smallest absolute Gasteiger partial charge is 0.411 e. The summed E-state index contributed by atoms with van der Waals surface area (Å²) in [5.41, 5.74) is -0.518. The summed E-state index contributed by atoms with van der Waals surface area (Å²) >= 11 is 0. The Kier molecular flexibility index (Phi) is 3.71. The number of rotatable bonds is 3. The van der Waals surface area contributed by atoms with Crippen molar-refractivity contribution in [2.45, 2.75) is 44.9 Å². The van der Waals surface area contributed by atoms with E-state index < -0.39 is 5.60 Å². The number of nitrogens with zero attached hydrogens (tertiary/aromatic N) is 2. The highest BCUT2D eigenvalue weighted by atomic mass is 16.6. The monoisotopic (exact) mass is 269 g/mol. The van der Waals surface area contributed by atoms with E-state index in [0.717, 1.165) is 13.0 Å². The summed E-state index contributed by atoms with van der Waals surface area (Å²) in [5.74, 6) is 0.0450. The molecule has 3 fully saturated rings. The molecular formula is C13H23N3O3. The first-order valence-corrected chi connectivity index (χ1v) is 6.78. The van der Waals surface area contributed by atoms with Crippen molar-refractivity contribution >= 4 is 12.0 Å². The lowest BCUT2D eigenvalue weighted by Crippen LogP contribution is -2.73. The number of piperidine rings is 1. The molecule has 0 radical (unpaired) electrons. The van der Waals surface area contributed by atoms with Crippen LogP contribution in [0.4, 0.5) is 4.79 Å². The SMILES string of the molecule is CNCCN1CC2CC(C1=O)N2C(=O)OC(C)(C)C. The molecule has 2 atom stereocenters. The average molecular weight is 269 g/mol. The molecule has 0 saturated carbocycles. The van der Waals surface area contributed by atoms with Gasteiger partial charge in [0.15, 0.2) is 0 Å². The number of fused-ring (bicyclic) bond motifs is 2. The Bertz CT molecular complexity index is 378. The molecule has 108 valence electrons. The number of likely N-dealkylation sites (N-methyl/N-ethyl adjacent to an activating group) is 1. The van der Waals surface area contributed by atoms with Crippen molar-refractivity contribution in [3.05, 3.63) is 0 Å². The second kappa shape index (κ2) is 5.00. The molecule has 2 bridgehead atoms. The van der Waals surface area contributed by atoms with E-state index in [1.807, 2.05) is 32.7 Å². The fraction of sp³-hybridized carbons (Fsp3) is 0.846. The number of piperazine rings is 1. The minimum Gasteiger partial charge on any atom is -0.444 e. The van der Waals surface area contributed by atoms with Crippen LogP contribution in [-0.4, -0.2) is 66.2 Å². The van der Waals surface area contributed by atoms with E-state index in [0.29, 0.717) is 13.1 Å². The number of ether oxygens (including phenoxy) is 1. The predicted octanol–water partition coefficient (Wildman–Crippen LogP) is 0.426. The highest BCUT2D eigenvalue weighted by Crippen LogP contribution is 2.34. The van der Waals surface area contributed by atoms with Gasteiger partial charge in [0.05, 0.1) is 6.04 Å². The van der Waals surface area contributed by atoms with Crippen LogP contribution in [0.3, 0.4) is 0 Å². The molecule has 3 heterocycles. The van der Waals surface area contributed by atoms with E-state index in [-0.39, 0.29) is 24.1 Å². The Morgan fingerprint density at radius 2 is 2.16 bits per heavy atom. The molecule has 1 N–H and O–H groups in total. The lowest BCUT2D eigenvalue weighted by atomic mass is 9.87. The van der Waals surface area contributed by atoms with Gasteiger partial charge >= 0.3 is 6.09 Å². The molecule has 6 heteroatoms. The molecule has 0 aromatic carbocycles. The van der Waals surface area contributed by atoms with E-state index >= 15 is 0 Å². The van der Waals surface area contributed by atoms with Crippen molar-refractivity contribution in [1.29, 1.82) is 0 Å². The Labute approximate surface area is 114 Å². The van der Waals surface area contributed by atoms with Crippen LogP contribution in [0.5, 0.6) is 0 Å². The summed E-state index contributed by atoms with van der Waals surface area (Å²) in [6, 6.07) is -0.195. The summed E-state index contributed by atoms with van der Waals surface area (Å²) in [5, 5.41) is 3.03. The lowest BCUT2D eigenvalue weighted by Gasteiger charge is -2.54. The van der Waals surface area contributed by atoms with Crippen LogP contribution in [0.1, 0.15) is 27.2 Å². The van der Waals surface area contributed by atoms with Gasteiger partial charge in [-0.15, -0.1) is 0 Å². The van der Waals surface area contributed by atoms with Gasteiger partial charge in [-0.05, 0) is 34.2 Å². The van der Waals surface area contributed by atoms with Crippen molar-refractivity contribution in [2.24, 2.45) is 0 Å². The first-order valence-electron chi connectivity index (χ1n) is 6.78. The fourth-order valence-electron chi connectivity index (χ4n) is 2.58. The minimum atomic E-state index is -0.518. The molecule has 3 aliphatic heterocycles. The van der Waals surface area contributed by atoms with Crippen LogP contribution in [0.25, 0.3) is 0 Å². The molecule has 2 amide bonds. The van der Waals surface area contributed by atoms with E-state index in [9.17, 15) is 9.59 Å². The van der Waals surface area contributed by atoms with Gasteiger partial charge in [-0.2, -0.15) is 0 Å². The average Bonchev–Trinajstić information content (AvgIpc) is 2.23. The number of carbonyl (C=O) groups excluding carboxylic acids is 2. The quantitative estimate of drug-likeness (QED) is 0.807. The second-order valence-corrected chi connectivity index (χ2v) is 6.18. The molecule has 0 aliphatic carbocycles. The molecule has 0 aromatic heterocycles. The van der Waals surface area contributed by atoms with E-state index in [2.05, 4.69) is 5.32 Å². The first-order chi connectivity index (χ1) is 8.83. The Morgan fingerprint density at radius 1 is 1.47 bits per heavy atom. The summed E-state index contributed by atoms with van der Waals surface area (Å²) in [4.78, 5) is 27.7. The van der Waals surface area contributed by atoms with Crippen molar-refractivity contribution in [2.75, 3.05) is 26.7 Å². The highest BCUT2D eigenvalue weighted by Gasteiger charge is 2.53. The number of carbonyl (C=O) groups is 2. The number of hydrogen-bond acceptors (Lipinski definition) is 4. The van der Waals surface area contributed by atoms with E-state index in [4.69, 9.17) is 4.74 Å². The van der Waals surface area contributed by atoms with Gasteiger partial charge in [-0.25, -0.2) is 4.79 Å². The van der Waals surface area contributed by atoms with Gasteiger partial charge in [-0.3, -0.25) is 9.69 Å². The molecule has 3 aliphatic rings. The maximum atomic E-state index is 12.2. The van der Waals surface area contributed by atoms with Gasteiger partial charge in [-0.1, -0.05) is 0 Å². The van der Waals surface area contributed by atoms with Crippen LogP contribution in [-0.2, 0) is 9.53 Å². The molecule has 0 aromatic rings. The maximum Gasteiger partial charge on any atom is 0.411 e. The summed E-state index contributed by atoms with van der Waals surface area (Å²) in [6.45, 7) is 7.60. The maximum absolute atomic E-state index is 12.2. The zero-order valence-electron chi connectivity index (χ0n) is 12.1. The standard InChI is InChI=1S/C13H23N3O3/c1-13(2,3)19-12(18)16-9-7-10(16)11(17)15(8-9)6-5-14-4/h9-10,14H,5-8H2,1-4H3. The summed E-state index contributed by atoms with van der Waals surface area (Å²) in [7, 11) is 1.86. The number of nitrogens with one attached hydrogen (secondary N) is 1. The fourth-order valence-corrected chi connectivity index (χ4v) is 2.58. The van der Waals surface area contributed by atoms with Crippen molar-refractivity contribution < 1.29 is 14.3 Å². The van der Waals surface area contributed by atoms with Gasteiger partial charge < -0.3 is 15.0 Å². The third-order valence-electron chi connectivity index (χ3n) is 3.49. The molecule has 3 saturated heterocycles. The third kappa shape index (κ3) is 2.83. The van der Waals surface area contributed by atoms with Crippen molar-refractivity contribution in [3.8, 4) is 0 Å².